The van der Waals surface area contributed by atoms with Crippen molar-refractivity contribution in [1.82, 2.24) is 4.98 Å². The summed E-state index contributed by atoms with van der Waals surface area (Å²) in [6.07, 6.45) is 4.10. The van der Waals surface area contributed by atoms with Gasteiger partial charge in [-0.3, -0.25) is 0 Å². The molecule has 1 fully saturated rings. The minimum absolute atomic E-state index is 0.314. The molecular weight excluding hydrogens is 178 g/mol. The summed E-state index contributed by atoms with van der Waals surface area (Å²) in [5.41, 5.74) is 6.77. The van der Waals surface area contributed by atoms with Gasteiger partial charge in [0.15, 0.2) is 0 Å². The van der Waals surface area contributed by atoms with Gasteiger partial charge in [0.25, 0.3) is 0 Å². The highest BCUT2D eigenvalue weighted by Crippen LogP contribution is 2.29. The lowest BCUT2D eigenvalue weighted by atomic mass is 10.2. The lowest BCUT2D eigenvalue weighted by Gasteiger charge is -2.08. The average Bonchev–Trinajstić information content (AvgIpc) is 3.01. The molecule has 4 heteroatoms. The van der Waals surface area contributed by atoms with Crippen molar-refractivity contribution in [3.63, 3.8) is 0 Å². The molecule has 0 amide bonds. The van der Waals surface area contributed by atoms with Crippen LogP contribution in [0.3, 0.4) is 0 Å². The van der Waals surface area contributed by atoms with Crippen LogP contribution in [0.2, 0.25) is 0 Å². The van der Waals surface area contributed by atoms with Crippen molar-refractivity contribution >= 4 is 0 Å². The zero-order chi connectivity index (χ0) is 9.97. The van der Waals surface area contributed by atoms with Crippen LogP contribution in [0.4, 0.5) is 0 Å². The molecule has 1 aromatic heterocycles. The molecule has 1 heterocycles. The van der Waals surface area contributed by atoms with Gasteiger partial charge in [0.2, 0.25) is 0 Å². The molecule has 1 aliphatic rings. The highest BCUT2D eigenvalue weighted by Gasteiger charge is 2.24. The number of hydrogen-bond acceptors (Lipinski definition) is 4. The number of pyridine rings is 1. The lowest BCUT2D eigenvalue weighted by Crippen LogP contribution is -2.05. The topological polar surface area (TPSA) is 71.9 Å². The Kier molecular flexibility index (Phi) is 2.33. The minimum Gasteiger partial charge on any atom is -0.490 e. The van der Waals surface area contributed by atoms with E-state index < -0.39 is 0 Å². The molecule has 2 N–H and O–H groups in total. The Morgan fingerprint density at radius 3 is 3.00 bits per heavy atom. The average molecular weight is 189 g/mol. The number of ether oxygens (including phenoxy) is 1. The van der Waals surface area contributed by atoms with E-state index in [4.69, 9.17) is 15.7 Å². The smallest absolute Gasteiger partial charge is 0.144 e. The number of nitrogens with zero attached hydrogens (tertiary/aromatic N) is 2. The summed E-state index contributed by atoms with van der Waals surface area (Å²) in [7, 11) is 0. The second-order valence-corrected chi connectivity index (χ2v) is 3.31. The van der Waals surface area contributed by atoms with Crippen LogP contribution in [0.25, 0.3) is 0 Å². The SMILES string of the molecule is N#Cc1cc(OC2CC2)c(CN)cn1. The van der Waals surface area contributed by atoms with Crippen molar-refractivity contribution in [3.05, 3.63) is 23.5 Å². The first-order valence-electron chi connectivity index (χ1n) is 4.59. The van der Waals surface area contributed by atoms with Crippen LogP contribution in [-0.4, -0.2) is 11.1 Å². The Labute approximate surface area is 82.3 Å². The van der Waals surface area contributed by atoms with Crippen LogP contribution < -0.4 is 10.5 Å². The molecular formula is C10H11N3O. The quantitative estimate of drug-likeness (QED) is 0.768. The first-order valence-corrected chi connectivity index (χ1v) is 4.59. The third-order valence-corrected chi connectivity index (χ3v) is 2.10. The van der Waals surface area contributed by atoms with Crippen molar-refractivity contribution in [3.8, 4) is 11.8 Å². The number of nitrogens with two attached hydrogens (primary N) is 1. The number of nitriles is 1. The van der Waals surface area contributed by atoms with E-state index in [2.05, 4.69) is 4.98 Å². The fourth-order valence-corrected chi connectivity index (χ4v) is 1.15. The van der Waals surface area contributed by atoms with Gasteiger partial charge in [-0.2, -0.15) is 5.26 Å². The zero-order valence-electron chi connectivity index (χ0n) is 7.73. The molecule has 0 spiro atoms. The summed E-state index contributed by atoms with van der Waals surface area (Å²) in [6.45, 7) is 0.390. The van der Waals surface area contributed by atoms with Gasteiger partial charge in [0.05, 0.1) is 6.10 Å². The van der Waals surface area contributed by atoms with Gasteiger partial charge in [0.1, 0.15) is 17.5 Å². The summed E-state index contributed by atoms with van der Waals surface area (Å²) < 4.78 is 5.62. The lowest BCUT2D eigenvalue weighted by molar-refractivity contribution is 0.299. The van der Waals surface area contributed by atoms with E-state index in [1.54, 1.807) is 12.3 Å². The van der Waals surface area contributed by atoms with E-state index in [-0.39, 0.29) is 0 Å². The summed E-state index contributed by atoms with van der Waals surface area (Å²) in [5, 5.41) is 8.68. The minimum atomic E-state index is 0.314. The highest BCUT2D eigenvalue weighted by molar-refractivity contribution is 5.37. The van der Waals surface area contributed by atoms with Crippen molar-refractivity contribution in [2.45, 2.75) is 25.5 Å². The van der Waals surface area contributed by atoms with Crippen LogP contribution in [0, 0.1) is 11.3 Å². The van der Waals surface area contributed by atoms with E-state index in [1.807, 2.05) is 6.07 Å². The van der Waals surface area contributed by atoms with Gasteiger partial charge in [-0.25, -0.2) is 4.98 Å². The summed E-state index contributed by atoms with van der Waals surface area (Å²) >= 11 is 0. The van der Waals surface area contributed by atoms with E-state index in [1.165, 1.54) is 0 Å². The van der Waals surface area contributed by atoms with Gasteiger partial charge in [-0.1, -0.05) is 0 Å². The fourth-order valence-electron chi connectivity index (χ4n) is 1.15. The number of rotatable bonds is 3. The standard InChI is InChI=1S/C10H11N3O/c11-4-7-6-13-8(5-12)3-10(7)14-9-1-2-9/h3,6,9H,1-2,4,11H2. The first kappa shape index (κ1) is 8.97. The number of aromatic nitrogens is 1. The molecule has 0 aromatic carbocycles. The summed E-state index contributed by atoms with van der Waals surface area (Å²) in [5.74, 6) is 0.710. The van der Waals surface area contributed by atoms with Crippen molar-refractivity contribution < 1.29 is 4.74 Å². The third kappa shape index (κ3) is 1.83. The van der Waals surface area contributed by atoms with Gasteiger partial charge in [-0.05, 0) is 12.8 Å². The van der Waals surface area contributed by atoms with E-state index in [9.17, 15) is 0 Å². The zero-order valence-corrected chi connectivity index (χ0v) is 7.73. The maximum atomic E-state index is 8.68. The van der Waals surface area contributed by atoms with Crippen LogP contribution in [-0.2, 0) is 6.54 Å². The Bertz CT molecular complexity index is 379. The second kappa shape index (κ2) is 3.64. The van der Waals surface area contributed by atoms with Gasteiger partial charge >= 0.3 is 0 Å². The molecule has 1 saturated carbocycles. The predicted molar refractivity (Wildman–Crippen MR) is 50.5 cm³/mol. The van der Waals surface area contributed by atoms with Crippen LogP contribution in [0.1, 0.15) is 24.1 Å². The van der Waals surface area contributed by atoms with E-state index in [0.717, 1.165) is 18.4 Å². The fraction of sp³-hybridized carbons (Fsp3) is 0.400. The van der Waals surface area contributed by atoms with Crippen molar-refractivity contribution in [1.29, 1.82) is 5.26 Å². The maximum Gasteiger partial charge on any atom is 0.144 e. The first-order chi connectivity index (χ1) is 6.83. The highest BCUT2D eigenvalue weighted by atomic mass is 16.5. The molecule has 1 aliphatic carbocycles. The molecule has 72 valence electrons. The van der Waals surface area contributed by atoms with Crippen molar-refractivity contribution in [2.24, 2.45) is 5.73 Å². The van der Waals surface area contributed by atoms with Gasteiger partial charge in [0, 0.05) is 24.4 Å². The molecule has 1 aromatic rings. The van der Waals surface area contributed by atoms with E-state index in [0.29, 0.717) is 24.1 Å². The maximum absolute atomic E-state index is 8.68. The Hall–Kier alpha value is -1.60. The van der Waals surface area contributed by atoms with Crippen LogP contribution in [0.5, 0.6) is 5.75 Å². The third-order valence-electron chi connectivity index (χ3n) is 2.10. The van der Waals surface area contributed by atoms with Gasteiger partial charge < -0.3 is 10.5 Å². The predicted octanol–water partition coefficient (Wildman–Crippen LogP) is 0.953. The molecule has 0 aliphatic heterocycles. The second-order valence-electron chi connectivity index (χ2n) is 3.31. The molecule has 0 bridgehead atoms. The molecule has 2 rings (SSSR count). The monoisotopic (exact) mass is 189 g/mol. The Morgan fingerprint density at radius 1 is 1.64 bits per heavy atom. The van der Waals surface area contributed by atoms with Gasteiger partial charge in [-0.15, -0.1) is 0 Å². The summed E-state index contributed by atoms with van der Waals surface area (Å²) in [4.78, 5) is 3.94. The van der Waals surface area contributed by atoms with Crippen LogP contribution in [0.15, 0.2) is 12.3 Å². The molecule has 0 unspecified atom stereocenters. The molecule has 0 atom stereocenters. The molecule has 0 radical (unpaired) electrons. The normalized spacial score (nSPS) is 14.9. The van der Waals surface area contributed by atoms with Crippen molar-refractivity contribution in [2.75, 3.05) is 0 Å². The Balaban J connectivity index is 2.27. The largest absolute Gasteiger partial charge is 0.490 e. The molecule has 0 saturated heterocycles. The Morgan fingerprint density at radius 2 is 2.43 bits per heavy atom. The van der Waals surface area contributed by atoms with Crippen LogP contribution >= 0.6 is 0 Å². The molecule has 14 heavy (non-hydrogen) atoms. The molecule has 4 nitrogen and oxygen atoms in total. The summed E-state index contributed by atoms with van der Waals surface area (Å²) in [6, 6.07) is 3.63. The van der Waals surface area contributed by atoms with E-state index >= 15 is 0 Å². The number of hydrogen-bond donors (Lipinski definition) is 1.